The van der Waals surface area contributed by atoms with E-state index < -0.39 is 0 Å². The number of benzene rings is 2. The summed E-state index contributed by atoms with van der Waals surface area (Å²) in [5.74, 6) is 1.00. The van der Waals surface area contributed by atoms with Crippen LogP contribution in [0, 0.1) is 25.6 Å². The Morgan fingerprint density at radius 1 is 1.10 bits per heavy atom. The fourth-order valence-electron chi connectivity index (χ4n) is 4.30. The molecular formula is C24H25ClFN3O. The van der Waals surface area contributed by atoms with Gasteiger partial charge in [0.05, 0.1) is 10.7 Å². The van der Waals surface area contributed by atoms with Gasteiger partial charge in [0.15, 0.2) is 0 Å². The van der Waals surface area contributed by atoms with Crippen LogP contribution in [0.15, 0.2) is 53.3 Å². The van der Waals surface area contributed by atoms with E-state index in [0.29, 0.717) is 28.1 Å². The molecule has 4 nitrogen and oxygen atoms in total. The van der Waals surface area contributed by atoms with E-state index in [1.165, 1.54) is 12.1 Å². The Bertz CT molecular complexity index is 1120. The van der Waals surface area contributed by atoms with Gasteiger partial charge in [-0.3, -0.25) is 9.36 Å². The molecule has 4 rings (SSSR count). The highest BCUT2D eigenvalue weighted by Crippen LogP contribution is 2.30. The maximum Gasteiger partial charge on any atom is 0.258 e. The van der Waals surface area contributed by atoms with E-state index in [-0.39, 0.29) is 11.4 Å². The van der Waals surface area contributed by atoms with Crippen LogP contribution in [-0.2, 0) is 6.42 Å². The fraction of sp³-hybridized carbons (Fsp3) is 0.333. The van der Waals surface area contributed by atoms with Crippen LogP contribution in [0.4, 0.5) is 10.1 Å². The molecular weight excluding hydrogens is 401 g/mol. The molecule has 30 heavy (non-hydrogen) atoms. The van der Waals surface area contributed by atoms with Crippen molar-refractivity contribution in [1.29, 1.82) is 0 Å². The van der Waals surface area contributed by atoms with E-state index in [4.69, 9.17) is 11.6 Å². The highest BCUT2D eigenvalue weighted by Gasteiger charge is 2.21. The summed E-state index contributed by atoms with van der Waals surface area (Å²) in [5.41, 5.74) is 3.33. The Morgan fingerprint density at radius 2 is 1.87 bits per heavy atom. The predicted molar refractivity (Wildman–Crippen MR) is 119 cm³/mol. The zero-order valence-electron chi connectivity index (χ0n) is 17.2. The smallest absolute Gasteiger partial charge is 0.258 e. The Kier molecular flexibility index (Phi) is 5.91. The monoisotopic (exact) mass is 425 g/mol. The molecule has 0 spiro atoms. The lowest BCUT2D eigenvalue weighted by Crippen LogP contribution is -2.34. The number of halogens is 2. The lowest BCUT2D eigenvalue weighted by atomic mass is 9.90. The van der Waals surface area contributed by atoms with Crippen molar-refractivity contribution in [2.45, 2.75) is 33.1 Å². The summed E-state index contributed by atoms with van der Waals surface area (Å²) < 4.78 is 15.0. The van der Waals surface area contributed by atoms with Crippen molar-refractivity contribution in [2.24, 2.45) is 5.92 Å². The third-order valence-electron chi connectivity index (χ3n) is 5.78. The summed E-state index contributed by atoms with van der Waals surface area (Å²) in [7, 11) is 0. The van der Waals surface area contributed by atoms with Gasteiger partial charge in [0.2, 0.25) is 0 Å². The molecule has 6 heteroatoms. The third kappa shape index (κ3) is 4.41. The molecule has 0 radical (unpaired) electrons. The molecule has 2 aromatic carbocycles. The van der Waals surface area contributed by atoms with Gasteiger partial charge >= 0.3 is 0 Å². The molecule has 1 aromatic heterocycles. The van der Waals surface area contributed by atoms with Crippen molar-refractivity contribution in [3.63, 3.8) is 0 Å². The standard InChI is InChI=1S/C24H25ClFN3O/c1-16-12-24(30)29(17(2)27-16)23-7-6-21(15-22(23)25)28-10-8-18(9-11-28)13-19-4-3-5-20(26)14-19/h3-7,12,14-15,18H,8-11,13H2,1-2H3. The number of anilines is 1. The van der Waals surface area contributed by atoms with E-state index in [1.54, 1.807) is 23.6 Å². The van der Waals surface area contributed by atoms with Crippen molar-refractivity contribution >= 4 is 17.3 Å². The average molecular weight is 426 g/mol. The van der Waals surface area contributed by atoms with Crippen LogP contribution in [0.5, 0.6) is 0 Å². The molecule has 156 valence electrons. The van der Waals surface area contributed by atoms with Gasteiger partial charge in [-0.25, -0.2) is 9.37 Å². The summed E-state index contributed by atoms with van der Waals surface area (Å²) in [6.45, 7) is 5.48. The van der Waals surface area contributed by atoms with Crippen LogP contribution in [0.2, 0.25) is 5.02 Å². The van der Waals surface area contributed by atoms with Gasteiger partial charge in [-0.05, 0) is 74.9 Å². The number of piperidine rings is 1. The first kappa shape index (κ1) is 20.6. The molecule has 1 aliphatic rings. The first-order valence-corrected chi connectivity index (χ1v) is 10.6. The van der Waals surface area contributed by atoms with Gasteiger partial charge in [0.25, 0.3) is 5.56 Å². The molecule has 0 N–H and O–H groups in total. The summed E-state index contributed by atoms with van der Waals surface area (Å²) in [6, 6.07) is 14.2. The predicted octanol–water partition coefficient (Wildman–Crippen LogP) is 5.10. The normalized spacial score (nSPS) is 14.9. The molecule has 1 aliphatic heterocycles. The van der Waals surface area contributed by atoms with Crippen molar-refractivity contribution < 1.29 is 4.39 Å². The Labute approximate surface area is 180 Å². The van der Waals surface area contributed by atoms with Crippen molar-refractivity contribution in [2.75, 3.05) is 18.0 Å². The van der Waals surface area contributed by atoms with Crippen LogP contribution in [0.1, 0.15) is 29.9 Å². The fourth-order valence-corrected chi connectivity index (χ4v) is 4.56. The van der Waals surface area contributed by atoms with E-state index >= 15 is 0 Å². The van der Waals surface area contributed by atoms with Crippen LogP contribution >= 0.6 is 11.6 Å². The molecule has 2 heterocycles. The van der Waals surface area contributed by atoms with Gasteiger partial charge in [-0.1, -0.05) is 23.7 Å². The zero-order valence-corrected chi connectivity index (χ0v) is 18.0. The molecule has 3 aromatic rings. The Hall–Kier alpha value is -2.66. The number of aromatic nitrogens is 2. The lowest BCUT2D eigenvalue weighted by molar-refractivity contribution is 0.403. The molecule has 0 aliphatic carbocycles. The van der Waals surface area contributed by atoms with Crippen LogP contribution in [-0.4, -0.2) is 22.6 Å². The molecule has 0 amide bonds. The highest BCUT2D eigenvalue weighted by atomic mass is 35.5. The van der Waals surface area contributed by atoms with E-state index in [2.05, 4.69) is 9.88 Å². The van der Waals surface area contributed by atoms with Gasteiger partial charge < -0.3 is 4.90 Å². The first-order valence-electron chi connectivity index (χ1n) is 10.3. The molecule has 0 saturated carbocycles. The van der Waals surface area contributed by atoms with Crippen molar-refractivity contribution in [1.82, 2.24) is 9.55 Å². The Morgan fingerprint density at radius 3 is 2.53 bits per heavy atom. The van der Waals surface area contributed by atoms with Crippen LogP contribution in [0.25, 0.3) is 5.69 Å². The second-order valence-corrected chi connectivity index (χ2v) is 8.43. The number of rotatable bonds is 4. The summed E-state index contributed by atoms with van der Waals surface area (Å²) in [4.78, 5) is 19.1. The van der Waals surface area contributed by atoms with Gasteiger partial charge in [0.1, 0.15) is 11.6 Å². The minimum Gasteiger partial charge on any atom is -0.371 e. The summed E-state index contributed by atoms with van der Waals surface area (Å²) in [5, 5.41) is 0.533. The number of aryl methyl sites for hydroxylation is 2. The minimum atomic E-state index is -0.169. The van der Waals surface area contributed by atoms with E-state index in [1.807, 2.05) is 31.2 Å². The summed E-state index contributed by atoms with van der Waals surface area (Å²) in [6.07, 6.45) is 3.01. The van der Waals surface area contributed by atoms with Crippen molar-refractivity contribution in [3.05, 3.63) is 86.8 Å². The van der Waals surface area contributed by atoms with Gasteiger partial charge in [-0.15, -0.1) is 0 Å². The maximum absolute atomic E-state index is 13.4. The molecule has 0 atom stereocenters. The lowest BCUT2D eigenvalue weighted by Gasteiger charge is -2.34. The number of hydrogen-bond acceptors (Lipinski definition) is 3. The summed E-state index contributed by atoms with van der Waals surface area (Å²) >= 11 is 6.57. The Balaban J connectivity index is 1.46. The van der Waals surface area contributed by atoms with E-state index in [0.717, 1.165) is 43.6 Å². The van der Waals surface area contributed by atoms with Crippen LogP contribution < -0.4 is 10.5 Å². The maximum atomic E-state index is 13.4. The van der Waals surface area contributed by atoms with Crippen molar-refractivity contribution in [3.8, 4) is 5.69 Å². The number of hydrogen-bond donors (Lipinski definition) is 0. The molecule has 0 bridgehead atoms. The first-order chi connectivity index (χ1) is 14.4. The third-order valence-corrected chi connectivity index (χ3v) is 6.08. The topological polar surface area (TPSA) is 38.1 Å². The van der Waals surface area contributed by atoms with Crippen LogP contribution in [0.3, 0.4) is 0 Å². The molecule has 0 unspecified atom stereocenters. The molecule has 1 fully saturated rings. The molecule has 1 saturated heterocycles. The largest absolute Gasteiger partial charge is 0.371 e. The van der Waals surface area contributed by atoms with Gasteiger partial charge in [0, 0.05) is 30.5 Å². The second kappa shape index (κ2) is 8.60. The van der Waals surface area contributed by atoms with Gasteiger partial charge in [-0.2, -0.15) is 0 Å². The second-order valence-electron chi connectivity index (χ2n) is 8.02. The average Bonchev–Trinajstić information content (AvgIpc) is 2.69. The number of nitrogens with zero attached hydrogens (tertiary/aromatic N) is 3. The minimum absolute atomic E-state index is 0.132. The highest BCUT2D eigenvalue weighted by molar-refractivity contribution is 6.32. The quantitative estimate of drug-likeness (QED) is 0.583. The SMILES string of the molecule is Cc1cc(=O)n(-c2ccc(N3CCC(Cc4cccc(F)c4)CC3)cc2Cl)c(C)n1. The van der Waals surface area contributed by atoms with E-state index in [9.17, 15) is 9.18 Å². The zero-order chi connectivity index (χ0) is 21.3.